The number of likely N-dealkylation sites (tertiary alicyclic amines) is 1. The van der Waals surface area contributed by atoms with Crippen LogP contribution in [0.5, 0.6) is 5.75 Å². The predicted octanol–water partition coefficient (Wildman–Crippen LogP) is 3.00. The summed E-state index contributed by atoms with van der Waals surface area (Å²) in [6, 6.07) is 6.94. The fourth-order valence-electron chi connectivity index (χ4n) is 2.18. The van der Waals surface area contributed by atoms with Crippen LogP contribution < -0.4 is 4.74 Å². The van der Waals surface area contributed by atoms with Gasteiger partial charge in [-0.3, -0.25) is 9.69 Å². The first-order chi connectivity index (χ1) is 9.46. The van der Waals surface area contributed by atoms with E-state index in [1.807, 2.05) is 4.90 Å². The van der Waals surface area contributed by atoms with Gasteiger partial charge in [0.05, 0.1) is 0 Å². The van der Waals surface area contributed by atoms with Crippen molar-refractivity contribution >= 4 is 5.78 Å². The molecule has 5 heteroatoms. The number of hydrogen-bond donors (Lipinski definition) is 0. The number of rotatable bonds is 5. The van der Waals surface area contributed by atoms with Gasteiger partial charge >= 0.3 is 0 Å². The van der Waals surface area contributed by atoms with Crippen LogP contribution in [-0.4, -0.2) is 42.8 Å². The van der Waals surface area contributed by atoms with Gasteiger partial charge in [0.25, 0.3) is 5.92 Å². The number of piperidine rings is 1. The van der Waals surface area contributed by atoms with Gasteiger partial charge in [0, 0.05) is 38.0 Å². The quantitative estimate of drug-likeness (QED) is 0.778. The molecule has 1 aliphatic heterocycles. The topological polar surface area (TPSA) is 29.5 Å². The van der Waals surface area contributed by atoms with Crippen LogP contribution in [0.15, 0.2) is 24.3 Å². The van der Waals surface area contributed by atoms with Gasteiger partial charge in [-0.2, -0.15) is 0 Å². The van der Waals surface area contributed by atoms with Gasteiger partial charge in [-0.25, -0.2) is 8.78 Å². The molecule has 1 fully saturated rings. The molecule has 0 N–H and O–H groups in total. The number of halogens is 2. The molecule has 1 heterocycles. The molecular formula is C15H19F2NO2. The Morgan fingerprint density at radius 2 is 1.85 bits per heavy atom. The Balaban J connectivity index is 1.72. The van der Waals surface area contributed by atoms with Crippen molar-refractivity contribution in [1.29, 1.82) is 0 Å². The molecule has 0 spiro atoms. The van der Waals surface area contributed by atoms with E-state index < -0.39 is 5.92 Å². The molecule has 0 bridgehead atoms. The Hall–Kier alpha value is -1.49. The third-order valence-corrected chi connectivity index (χ3v) is 3.52. The van der Waals surface area contributed by atoms with Crippen molar-refractivity contribution in [2.45, 2.75) is 25.7 Å². The summed E-state index contributed by atoms with van der Waals surface area (Å²) in [5.74, 6) is -1.79. The Kier molecular flexibility index (Phi) is 4.70. The lowest BCUT2D eigenvalue weighted by molar-refractivity contribution is -0.0564. The molecule has 110 valence electrons. The summed E-state index contributed by atoms with van der Waals surface area (Å²) in [7, 11) is 0. The minimum atomic E-state index is -2.50. The number of hydrogen-bond acceptors (Lipinski definition) is 3. The van der Waals surface area contributed by atoms with Crippen molar-refractivity contribution in [2.75, 3.05) is 26.2 Å². The van der Waals surface area contributed by atoms with E-state index in [1.165, 1.54) is 6.92 Å². The van der Waals surface area contributed by atoms with Gasteiger partial charge in [-0.1, -0.05) is 0 Å². The SMILES string of the molecule is CC(=O)c1ccc(OCCN2CCC(F)(F)CC2)cc1. The summed E-state index contributed by atoms with van der Waals surface area (Å²) in [6.45, 7) is 3.46. The number of carbonyl (C=O) groups excluding carboxylic acids is 1. The molecule has 0 aliphatic carbocycles. The Labute approximate surface area is 117 Å². The van der Waals surface area contributed by atoms with Gasteiger partial charge in [0.15, 0.2) is 5.78 Å². The van der Waals surface area contributed by atoms with Gasteiger partial charge in [-0.15, -0.1) is 0 Å². The fourth-order valence-corrected chi connectivity index (χ4v) is 2.18. The maximum atomic E-state index is 13.0. The fraction of sp³-hybridized carbons (Fsp3) is 0.533. The standard InChI is InChI=1S/C15H19F2NO2/c1-12(19)13-2-4-14(5-3-13)20-11-10-18-8-6-15(16,17)7-9-18/h2-5H,6-11H2,1H3. The van der Waals surface area contributed by atoms with Crippen LogP contribution in [-0.2, 0) is 0 Å². The largest absolute Gasteiger partial charge is 0.492 e. The van der Waals surface area contributed by atoms with Gasteiger partial charge < -0.3 is 4.74 Å². The van der Waals surface area contributed by atoms with E-state index in [9.17, 15) is 13.6 Å². The molecule has 1 aliphatic rings. The highest BCUT2D eigenvalue weighted by Gasteiger charge is 2.33. The minimum absolute atomic E-state index is 0.0193. The zero-order chi connectivity index (χ0) is 14.6. The van der Waals surface area contributed by atoms with Crippen LogP contribution in [0.2, 0.25) is 0 Å². The molecule has 1 aromatic rings. The summed E-state index contributed by atoms with van der Waals surface area (Å²) >= 11 is 0. The molecule has 0 amide bonds. The average molecular weight is 283 g/mol. The number of alkyl halides is 2. The summed E-state index contributed by atoms with van der Waals surface area (Å²) in [5, 5.41) is 0. The number of benzene rings is 1. The molecule has 0 atom stereocenters. The first-order valence-corrected chi connectivity index (χ1v) is 6.80. The highest BCUT2D eigenvalue weighted by atomic mass is 19.3. The van der Waals surface area contributed by atoms with Crippen molar-refractivity contribution in [3.8, 4) is 5.75 Å². The highest BCUT2D eigenvalue weighted by Crippen LogP contribution is 2.27. The van der Waals surface area contributed by atoms with Crippen LogP contribution >= 0.6 is 0 Å². The second-order valence-corrected chi connectivity index (χ2v) is 5.13. The van der Waals surface area contributed by atoms with Crippen molar-refractivity contribution < 1.29 is 18.3 Å². The lowest BCUT2D eigenvalue weighted by Gasteiger charge is -2.31. The smallest absolute Gasteiger partial charge is 0.250 e. The molecule has 0 unspecified atom stereocenters. The number of Topliss-reactive ketones (excluding diaryl/α,β-unsaturated/α-hetero) is 1. The van der Waals surface area contributed by atoms with Gasteiger partial charge in [0.1, 0.15) is 12.4 Å². The van der Waals surface area contributed by atoms with Crippen LogP contribution in [0, 0.1) is 0 Å². The molecule has 20 heavy (non-hydrogen) atoms. The predicted molar refractivity (Wildman–Crippen MR) is 72.6 cm³/mol. The molecule has 2 rings (SSSR count). The highest BCUT2D eigenvalue weighted by molar-refractivity contribution is 5.94. The molecular weight excluding hydrogens is 264 g/mol. The number of ketones is 1. The first-order valence-electron chi connectivity index (χ1n) is 6.80. The van der Waals surface area contributed by atoms with Gasteiger partial charge in [-0.05, 0) is 31.2 Å². The maximum Gasteiger partial charge on any atom is 0.250 e. The number of nitrogens with zero attached hydrogens (tertiary/aromatic N) is 1. The third-order valence-electron chi connectivity index (χ3n) is 3.52. The number of carbonyl (C=O) groups is 1. The lowest BCUT2D eigenvalue weighted by atomic mass is 10.1. The molecule has 1 aromatic carbocycles. The summed E-state index contributed by atoms with van der Waals surface area (Å²) in [6.07, 6.45) is -0.138. The maximum absolute atomic E-state index is 13.0. The second kappa shape index (κ2) is 6.31. The monoisotopic (exact) mass is 283 g/mol. The normalized spacial score (nSPS) is 18.8. The Morgan fingerprint density at radius 1 is 1.25 bits per heavy atom. The molecule has 0 radical (unpaired) electrons. The van der Waals surface area contributed by atoms with E-state index in [2.05, 4.69) is 0 Å². The molecule has 0 aromatic heterocycles. The lowest BCUT2D eigenvalue weighted by Crippen LogP contribution is -2.41. The van der Waals surface area contributed by atoms with Gasteiger partial charge in [0.2, 0.25) is 0 Å². The molecule has 3 nitrogen and oxygen atoms in total. The van der Waals surface area contributed by atoms with Crippen molar-refractivity contribution in [2.24, 2.45) is 0 Å². The first kappa shape index (κ1) is 14.9. The number of ether oxygens (including phenoxy) is 1. The van der Waals surface area contributed by atoms with E-state index >= 15 is 0 Å². The average Bonchev–Trinajstić information content (AvgIpc) is 2.41. The summed E-state index contributed by atoms with van der Waals surface area (Å²) < 4.78 is 31.5. The van der Waals surface area contributed by atoms with E-state index in [0.29, 0.717) is 37.6 Å². The van der Waals surface area contributed by atoms with E-state index in [-0.39, 0.29) is 18.6 Å². The van der Waals surface area contributed by atoms with Crippen LogP contribution in [0.4, 0.5) is 8.78 Å². The molecule has 1 saturated heterocycles. The zero-order valence-electron chi connectivity index (χ0n) is 11.6. The van der Waals surface area contributed by atoms with Crippen LogP contribution in [0.1, 0.15) is 30.1 Å². The van der Waals surface area contributed by atoms with E-state index in [1.54, 1.807) is 24.3 Å². The third kappa shape index (κ3) is 4.27. The van der Waals surface area contributed by atoms with Crippen molar-refractivity contribution in [3.63, 3.8) is 0 Å². The summed E-state index contributed by atoms with van der Waals surface area (Å²) in [4.78, 5) is 13.1. The summed E-state index contributed by atoms with van der Waals surface area (Å²) in [5.41, 5.74) is 0.649. The Bertz CT molecular complexity index is 449. The van der Waals surface area contributed by atoms with E-state index in [0.717, 1.165) is 0 Å². The van der Waals surface area contributed by atoms with Crippen molar-refractivity contribution in [3.05, 3.63) is 29.8 Å². The van der Waals surface area contributed by atoms with Crippen molar-refractivity contribution in [1.82, 2.24) is 4.90 Å². The second-order valence-electron chi connectivity index (χ2n) is 5.13. The van der Waals surface area contributed by atoms with Crippen LogP contribution in [0.3, 0.4) is 0 Å². The van der Waals surface area contributed by atoms with Crippen LogP contribution in [0.25, 0.3) is 0 Å². The minimum Gasteiger partial charge on any atom is -0.492 e. The van der Waals surface area contributed by atoms with E-state index in [4.69, 9.17) is 4.74 Å². The molecule has 0 saturated carbocycles. The zero-order valence-corrected chi connectivity index (χ0v) is 11.6. The Morgan fingerprint density at radius 3 is 2.40 bits per heavy atom.